The Labute approximate surface area is 195 Å². The van der Waals surface area contributed by atoms with E-state index in [9.17, 15) is 13.9 Å². The van der Waals surface area contributed by atoms with Crippen molar-refractivity contribution in [2.45, 2.75) is 83.0 Å². The molecule has 5 rings (SSSR count). The molecular weight excluding hydrogens is 422 g/mol. The van der Waals surface area contributed by atoms with Crippen LogP contribution in [0, 0.1) is 11.8 Å². The van der Waals surface area contributed by atoms with E-state index in [1.807, 2.05) is 6.08 Å². The summed E-state index contributed by atoms with van der Waals surface area (Å²) in [4.78, 5) is 14.7. The van der Waals surface area contributed by atoms with E-state index in [0.717, 1.165) is 69.5 Å². The van der Waals surface area contributed by atoms with Crippen LogP contribution in [0.3, 0.4) is 0 Å². The third kappa shape index (κ3) is 4.72. The first kappa shape index (κ1) is 22.9. The number of aliphatic imine (C=N–C) groups is 2. The van der Waals surface area contributed by atoms with Gasteiger partial charge in [0.2, 0.25) is 5.92 Å². The highest BCUT2D eigenvalue weighted by atomic mass is 19.3. The van der Waals surface area contributed by atoms with Crippen molar-refractivity contribution in [3.63, 3.8) is 0 Å². The Kier molecular flexibility index (Phi) is 6.06. The lowest BCUT2D eigenvalue weighted by atomic mass is 10.0. The van der Waals surface area contributed by atoms with Crippen molar-refractivity contribution in [2.75, 3.05) is 19.6 Å². The van der Waals surface area contributed by atoms with Crippen LogP contribution in [-0.4, -0.2) is 70.3 Å². The zero-order chi connectivity index (χ0) is 23.3. The Hall–Kier alpha value is -1.86. The largest absolute Gasteiger partial charge is 0.378 e. The number of hydrogen-bond donors (Lipinski definition) is 1. The minimum absolute atomic E-state index is 0.148. The Morgan fingerprint density at radius 1 is 1.36 bits per heavy atom. The Bertz CT molecular complexity index is 931. The summed E-state index contributed by atoms with van der Waals surface area (Å²) in [5.41, 5.74) is 4.51. The zero-order valence-corrected chi connectivity index (χ0v) is 19.8. The molecule has 0 aromatic heterocycles. The van der Waals surface area contributed by atoms with Gasteiger partial charge in [0, 0.05) is 49.4 Å². The predicted molar refractivity (Wildman–Crippen MR) is 128 cm³/mol. The fourth-order valence-electron chi connectivity index (χ4n) is 6.04. The molecule has 5 atom stereocenters. The van der Waals surface area contributed by atoms with Crippen LogP contribution in [-0.2, 0) is 0 Å². The molecule has 3 fully saturated rings. The topological polar surface area (TPSA) is 51.4 Å². The van der Waals surface area contributed by atoms with Crippen LogP contribution >= 0.6 is 0 Å². The van der Waals surface area contributed by atoms with Gasteiger partial charge in [-0.15, -0.1) is 6.58 Å². The van der Waals surface area contributed by atoms with Gasteiger partial charge in [-0.1, -0.05) is 6.08 Å². The van der Waals surface area contributed by atoms with Crippen LogP contribution in [0.1, 0.15) is 58.8 Å². The number of hydrogen-bond acceptors (Lipinski definition) is 5. The van der Waals surface area contributed by atoms with Gasteiger partial charge in [0.25, 0.3) is 0 Å². The van der Waals surface area contributed by atoms with Gasteiger partial charge in [-0.2, -0.15) is 0 Å². The summed E-state index contributed by atoms with van der Waals surface area (Å²) in [6.07, 6.45) is 8.34. The fraction of sp³-hybridized carbons (Fsp3) is 0.692. The summed E-state index contributed by atoms with van der Waals surface area (Å²) in [5.74, 6) is -0.728. The SMILES string of the molecule is C=CCCC(O)N1CCC2CC(C1)N(C1=NC(C)=C3CC3C3=CC(CCC(C)(F)F)=NC31)C2. The zero-order valence-electron chi connectivity index (χ0n) is 19.8. The summed E-state index contributed by atoms with van der Waals surface area (Å²) < 4.78 is 27.0. The highest BCUT2D eigenvalue weighted by Gasteiger charge is 2.48. The van der Waals surface area contributed by atoms with Gasteiger partial charge in [-0.3, -0.25) is 9.89 Å². The number of aliphatic hydroxyl groups excluding tert-OH is 1. The second-order valence-electron chi connectivity index (χ2n) is 10.6. The maximum atomic E-state index is 13.5. The number of nitrogens with zero attached hydrogens (tertiary/aromatic N) is 4. The lowest BCUT2D eigenvalue weighted by Gasteiger charge is -2.37. The molecule has 33 heavy (non-hydrogen) atoms. The summed E-state index contributed by atoms with van der Waals surface area (Å²) in [6.45, 7) is 9.56. The molecule has 0 aromatic rings. The van der Waals surface area contributed by atoms with Crippen LogP contribution < -0.4 is 0 Å². The van der Waals surface area contributed by atoms with Gasteiger partial charge in [-0.25, -0.2) is 13.8 Å². The van der Waals surface area contributed by atoms with Gasteiger partial charge >= 0.3 is 0 Å². The average molecular weight is 459 g/mol. The first-order valence-corrected chi connectivity index (χ1v) is 12.5. The first-order valence-electron chi connectivity index (χ1n) is 12.5. The fourth-order valence-corrected chi connectivity index (χ4v) is 6.04. The number of fused-ring (bicyclic) bond motifs is 5. The van der Waals surface area contributed by atoms with E-state index in [1.54, 1.807) is 0 Å². The molecule has 2 bridgehead atoms. The van der Waals surface area contributed by atoms with E-state index in [0.29, 0.717) is 30.7 Å². The summed E-state index contributed by atoms with van der Waals surface area (Å²) in [7, 11) is 0. The van der Waals surface area contributed by atoms with Crippen molar-refractivity contribution in [3.05, 3.63) is 35.6 Å². The number of amidine groups is 1. The Morgan fingerprint density at radius 3 is 2.94 bits per heavy atom. The molecule has 7 heteroatoms. The molecular formula is C26H36F2N4O. The van der Waals surface area contributed by atoms with Gasteiger partial charge in [-0.05, 0) is 75.5 Å². The lowest BCUT2D eigenvalue weighted by Crippen LogP contribution is -2.50. The third-order valence-electron chi connectivity index (χ3n) is 7.96. The molecule has 1 saturated carbocycles. The van der Waals surface area contributed by atoms with Crippen molar-refractivity contribution in [1.82, 2.24) is 9.80 Å². The van der Waals surface area contributed by atoms with Gasteiger partial charge in [0.15, 0.2) is 0 Å². The van der Waals surface area contributed by atoms with E-state index in [2.05, 4.69) is 29.4 Å². The van der Waals surface area contributed by atoms with Crippen molar-refractivity contribution in [2.24, 2.45) is 21.8 Å². The summed E-state index contributed by atoms with van der Waals surface area (Å²) in [6, 6.07) is 0.146. The minimum atomic E-state index is -2.68. The van der Waals surface area contributed by atoms with Crippen molar-refractivity contribution in [1.29, 1.82) is 0 Å². The molecule has 5 nitrogen and oxygen atoms in total. The van der Waals surface area contributed by atoms with E-state index in [1.165, 1.54) is 11.1 Å². The molecule has 0 aromatic carbocycles. The summed E-state index contributed by atoms with van der Waals surface area (Å²) >= 11 is 0. The molecule has 5 aliphatic rings. The maximum Gasteiger partial charge on any atom is 0.245 e. The number of rotatable bonds is 7. The number of aliphatic hydroxyl groups is 1. The Morgan fingerprint density at radius 2 is 2.18 bits per heavy atom. The second kappa shape index (κ2) is 8.73. The normalized spacial score (nSPS) is 32.4. The molecule has 5 unspecified atom stereocenters. The van der Waals surface area contributed by atoms with Crippen LogP contribution in [0.25, 0.3) is 0 Å². The highest BCUT2D eigenvalue weighted by molar-refractivity contribution is 6.05. The molecule has 4 aliphatic heterocycles. The third-order valence-corrected chi connectivity index (χ3v) is 7.96. The molecule has 0 radical (unpaired) electrons. The van der Waals surface area contributed by atoms with Crippen molar-refractivity contribution < 1.29 is 13.9 Å². The van der Waals surface area contributed by atoms with E-state index >= 15 is 0 Å². The first-order chi connectivity index (χ1) is 15.7. The van der Waals surface area contributed by atoms with Crippen LogP contribution in [0.5, 0.6) is 0 Å². The van der Waals surface area contributed by atoms with Crippen LogP contribution in [0.4, 0.5) is 8.78 Å². The quantitative estimate of drug-likeness (QED) is 0.569. The molecule has 4 heterocycles. The summed E-state index contributed by atoms with van der Waals surface area (Å²) in [5, 5.41) is 10.7. The molecule has 1 N–H and O–H groups in total. The highest BCUT2D eigenvalue weighted by Crippen LogP contribution is 2.51. The molecule has 0 spiro atoms. The molecule has 180 valence electrons. The van der Waals surface area contributed by atoms with Crippen LogP contribution in [0.2, 0.25) is 0 Å². The van der Waals surface area contributed by atoms with Crippen molar-refractivity contribution in [3.8, 4) is 0 Å². The average Bonchev–Trinajstić information content (AvgIpc) is 3.38. The van der Waals surface area contributed by atoms with Gasteiger partial charge in [0.1, 0.15) is 18.1 Å². The van der Waals surface area contributed by atoms with Gasteiger partial charge < -0.3 is 10.0 Å². The number of halogens is 2. The van der Waals surface area contributed by atoms with Gasteiger partial charge in [0.05, 0.1) is 0 Å². The van der Waals surface area contributed by atoms with Crippen LogP contribution in [0.15, 0.2) is 45.6 Å². The second-order valence-corrected chi connectivity index (χ2v) is 10.6. The Balaban J connectivity index is 1.38. The smallest absolute Gasteiger partial charge is 0.245 e. The van der Waals surface area contributed by atoms with E-state index in [4.69, 9.17) is 9.98 Å². The molecule has 0 amide bonds. The number of likely N-dealkylation sites (tertiary alicyclic amines) is 2. The maximum absolute atomic E-state index is 13.5. The van der Waals surface area contributed by atoms with Crippen molar-refractivity contribution >= 4 is 11.5 Å². The lowest BCUT2D eigenvalue weighted by molar-refractivity contribution is -0.0112. The minimum Gasteiger partial charge on any atom is -0.378 e. The van der Waals surface area contributed by atoms with E-state index < -0.39 is 12.2 Å². The standard InChI is InChI=1S/C26H36F2N4O/c1-4-5-6-23(33)31-10-8-17-11-19(15-31)32(14-17)25-24-22(21-13-20(21)16(2)29-25)12-18(30-24)7-9-26(3,27)28/h4,12,17,19,21,23-24,33H,1,5-11,13-15H2,2-3H3. The number of allylic oxidation sites excluding steroid dienone is 4. The number of alkyl halides is 2. The monoisotopic (exact) mass is 458 g/mol. The molecule has 2 saturated heterocycles. The molecule has 1 aliphatic carbocycles. The van der Waals surface area contributed by atoms with E-state index in [-0.39, 0.29) is 12.5 Å². The predicted octanol–water partition coefficient (Wildman–Crippen LogP) is 4.56.